The second kappa shape index (κ2) is 11.1. The summed E-state index contributed by atoms with van der Waals surface area (Å²) in [6.07, 6.45) is 0.718. The number of nitrogens with zero attached hydrogens (tertiary/aromatic N) is 2. The van der Waals surface area contributed by atoms with E-state index in [4.69, 9.17) is 4.74 Å². The number of methoxy groups -OCH3 is 1. The molecule has 9 nitrogen and oxygen atoms in total. The summed E-state index contributed by atoms with van der Waals surface area (Å²) >= 11 is 0. The zero-order valence-corrected chi connectivity index (χ0v) is 20.8. The van der Waals surface area contributed by atoms with Crippen molar-refractivity contribution in [1.29, 1.82) is 0 Å². The predicted molar refractivity (Wildman–Crippen MR) is 136 cm³/mol. The van der Waals surface area contributed by atoms with E-state index < -0.39 is 10.0 Å². The van der Waals surface area contributed by atoms with Gasteiger partial charge < -0.3 is 15.4 Å². The topological polar surface area (TPSA) is 113 Å². The minimum absolute atomic E-state index is 0.168. The first-order valence-corrected chi connectivity index (χ1v) is 13.1. The number of aryl methyl sites for hydroxylation is 1. The molecule has 1 aliphatic rings. The molecule has 0 bridgehead atoms. The number of pyridine rings is 1. The van der Waals surface area contributed by atoms with Crippen LogP contribution in [0.25, 0.3) is 10.9 Å². The summed E-state index contributed by atoms with van der Waals surface area (Å²) in [4.78, 5) is 19.3. The molecule has 2 amide bonds. The number of amides is 2. The molecule has 4 rings (SSSR count). The molecule has 0 aliphatic carbocycles. The van der Waals surface area contributed by atoms with Crippen molar-refractivity contribution < 1.29 is 17.9 Å². The van der Waals surface area contributed by atoms with Crippen molar-refractivity contribution >= 4 is 32.6 Å². The number of carbonyl (C=O) groups excluding carboxylic acids is 1. The number of anilines is 1. The van der Waals surface area contributed by atoms with E-state index in [1.165, 1.54) is 0 Å². The Balaban J connectivity index is 1.24. The van der Waals surface area contributed by atoms with Crippen LogP contribution in [0.5, 0.6) is 0 Å². The summed E-state index contributed by atoms with van der Waals surface area (Å²) in [6, 6.07) is 15.8. The number of ether oxygens (including phenoxy) is 1. The quantitative estimate of drug-likeness (QED) is 0.419. The molecule has 1 atom stereocenters. The van der Waals surface area contributed by atoms with Gasteiger partial charge in [-0.1, -0.05) is 30.3 Å². The number of para-hydroxylation sites is 1. The van der Waals surface area contributed by atoms with Crippen molar-refractivity contribution in [3.63, 3.8) is 0 Å². The Morgan fingerprint density at radius 1 is 1.17 bits per heavy atom. The number of rotatable bonds is 9. The number of likely N-dealkylation sites (tertiary alicyclic amines) is 1. The fourth-order valence-electron chi connectivity index (χ4n) is 4.26. The van der Waals surface area contributed by atoms with E-state index in [-0.39, 0.29) is 17.0 Å². The number of benzene rings is 2. The van der Waals surface area contributed by atoms with Crippen LogP contribution in [0.3, 0.4) is 0 Å². The summed E-state index contributed by atoms with van der Waals surface area (Å²) in [5.41, 5.74) is 3.30. The van der Waals surface area contributed by atoms with E-state index >= 15 is 0 Å². The lowest BCUT2D eigenvalue weighted by atomic mass is 10.1. The minimum Gasteiger partial charge on any atom is -0.380 e. The minimum atomic E-state index is -3.59. The van der Waals surface area contributed by atoms with Crippen LogP contribution in [-0.2, 0) is 21.4 Å². The van der Waals surface area contributed by atoms with E-state index in [1.54, 1.807) is 31.4 Å². The number of fused-ring (bicyclic) bond motifs is 1. The van der Waals surface area contributed by atoms with Gasteiger partial charge in [0.2, 0.25) is 10.0 Å². The molecule has 2 heterocycles. The highest BCUT2D eigenvalue weighted by Crippen LogP contribution is 2.22. The molecule has 3 aromatic rings. The van der Waals surface area contributed by atoms with E-state index in [1.807, 2.05) is 37.3 Å². The molecular formula is C25H31N5O4S. The molecule has 2 aromatic carbocycles. The van der Waals surface area contributed by atoms with Crippen LogP contribution in [-0.4, -0.2) is 63.7 Å². The van der Waals surface area contributed by atoms with Gasteiger partial charge in [-0.2, -0.15) is 0 Å². The Kier molecular flexibility index (Phi) is 7.97. The lowest BCUT2D eigenvalue weighted by Gasteiger charge is -2.17. The summed E-state index contributed by atoms with van der Waals surface area (Å²) < 4.78 is 33.3. The van der Waals surface area contributed by atoms with Crippen molar-refractivity contribution in [2.24, 2.45) is 0 Å². The first-order valence-electron chi connectivity index (χ1n) is 11.6. The molecule has 1 aliphatic heterocycles. The maximum atomic E-state index is 12.7. The Morgan fingerprint density at radius 2 is 1.94 bits per heavy atom. The van der Waals surface area contributed by atoms with Crippen LogP contribution in [0.2, 0.25) is 0 Å². The van der Waals surface area contributed by atoms with Crippen molar-refractivity contribution in [3.8, 4) is 0 Å². The third-order valence-electron chi connectivity index (χ3n) is 5.94. The number of urea groups is 1. The molecule has 10 heteroatoms. The summed E-state index contributed by atoms with van der Waals surface area (Å²) in [7, 11) is -1.99. The Labute approximate surface area is 205 Å². The third kappa shape index (κ3) is 6.55. The Bertz CT molecular complexity index is 1280. The zero-order valence-electron chi connectivity index (χ0n) is 20.0. The van der Waals surface area contributed by atoms with Crippen molar-refractivity contribution in [2.45, 2.75) is 30.9 Å². The van der Waals surface area contributed by atoms with Gasteiger partial charge in [-0.15, -0.1) is 0 Å². The monoisotopic (exact) mass is 497 g/mol. The molecule has 0 saturated carbocycles. The lowest BCUT2D eigenvalue weighted by Crippen LogP contribution is -2.39. The lowest BCUT2D eigenvalue weighted by molar-refractivity contribution is 0.185. The molecular weight excluding hydrogens is 466 g/mol. The van der Waals surface area contributed by atoms with Gasteiger partial charge in [0, 0.05) is 43.9 Å². The van der Waals surface area contributed by atoms with Gasteiger partial charge >= 0.3 is 6.03 Å². The van der Waals surface area contributed by atoms with Gasteiger partial charge in [-0.05, 0) is 49.7 Å². The first-order chi connectivity index (χ1) is 16.8. The number of hydrogen-bond acceptors (Lipinski definition) is 6. The molecule has 3 N–H and O–H groups in total. The molecule has 1 unspecified atom stereocenters. The van der Waals surface area contributed by atoms with Crippen LogP contribution in [0.4, 0.5) is 10.5 Å². The molecule has 1 saturated heterocycles. The number of sulfonamides is 1. The van der Waals surface area contributed by atoms with Gasteiger partial charge in [-0.3, -0.25) is 9.88 Å². The predicted octanol–water partition coefficient (Wildman–Crippen LogP) is 2.86. The normalized spacial score (nSPS) is 16.5. The standard InChI is InChI=1S/C25H31N5O4S/c1-18-15-24(22-5-3-4-6-23(22)27-18)28-25(31)26-12-14-30-13-11-20(16-30)29-35(32,33)21-9-7-19(8-10-21)17-34-2/h3-10,15,20,29H,11-14,16-17H2,1-2H3,(H2,26,27,28,31). The SMILES string of the molecule is COCc1ccc(S(=O)(=O)NC2CCN(CCNC(=O)Nc3cc(C)nc4ccccc34)C2)cc1. The first kappa shape index (κ1) is 25.1. The number of aromatic nitrogens is 1. The highest BCUT2D eigenvalue weighted by molar-refractivity contribution is 7.89. The van der Waals surface area contributed by atoms with Gasteiger partial charge in [-0.25, -0.2) is 17.9 Å². The van der Waals surface area contributed by atoms with E-state index in [2.05, 4.69) is 25.2 Å². The Hall–Kier alpha value is -3.05. The van der Waals surface area contributed by atoms with Crippen LogP contribution in [0, 0.1) is 6.92 Å². The highest BCUT2D eigenvalue weighted by atomic mass is 32.2. The summed E-state index contributed by atoms with van der Waals surface area (Å²) in [5.74, 6) is 0. The van der Waals surface area contributed by atoms with Crippen LogP contribution >= 0.6 is 0 Å². The smallest absolute Gasteiger partial charge is 0.319 e. The summed E-state index contributed by atoms with van der Waals surface area (Å²) in [6.45, 7) is 4.78. The third-order valence-corrected chi connectivity index (χ3v) is 7.48. The fraction of sp³-hybridized carbons (Fsp3) is 0.360. The van der Waals surface area contributed by atoms with Crippen LogP contribution in [0.15, 0.2) is 59.5 Å². The second-order valence-electron chi connectivity index (χ2n) is 8.69. The highest BCUT2D eigenvalue weighted by Gasteiger charge is 2.27. The summed E-state index contributed by atoms with van der Waals surface area (Å²) in [5, 5.41) is 6.68. The number of nitrogens with one attached hydrogen (secondary N) is 3. The van der Waals surface area contributed by atoms with E-state index in [9.17, 15) is 13.2 Å². The van der Waals surface area contributed by atoms with Gasteiger partial charge in [0.05, 0.1) is 22.7 Å². The maximum absolute atomic E-state index is 12.7. The zero-order chi connectivity index (χ0) is 24.8. The molecule has 1 aromatic heterocycles. The second-order valence-corrected chi connectivity index (χ2v) is 10.4. The van der Waals surface area contributed by atoms with Crippen molar-refractivity contribution in [2.75, 3.05) is 38.6 Å². The van der Waals surface area contributed by atoms with E-state index in [0.717, 1.165) is 40.8 Å². The molecule has 1 fully saturated rings. The van der Waals surface area contributed by atoms with Crippen molar-refractivity contribution in [1.82, 2.24) is 19.9 Å². The van der Waals surface area contributed by atoms with Gasteiger partial charge in [0.25, 0.3) is 0 Å². The molecule has 186 valence electrons. The Morgan fingerprint density at radius 3 is 2.71 bits per heavy atom. The van der Waals surface area contributed by atoms with Gasteiger partial charge in [0.15, 0.2) is 0 Å². The van der Waals surface area contributed by atoms with Crippen LogP contribution in [0.1, 0.15) is 17.7 Å². The average Bonchev–Trinajstić information content (AvgIpc) is 3.26. The molecule has 0 radical (unpaired) electrons. The van der Waals surface area contributed by atoms with Crippen LogP contribution < -0.4 is 15.4 Å². The molecule has 35 heavy (non-hydrogen) atoms. The largest absolute Gasteiger partial charge is 0.380 e. The van der Waals surface area contributed by atoms with E-state index in [0.29, 0.717) is 26.2 Å². The van der Waals surface area contributed by atoms with Gasteiger partial charge in [0.1, 0.15) is 0 Å². The number of carbonyl (C=O) groups is 1. The molecule has 0 spiro atoms. The maximum Gasteiger partial charge on any atom is 0.319 e. The average molecular weight is 498 g/mol. The number of hydrogen-bond donors (Lipinski definition) is 3. The van der Waals surface area contributed by atoms with Crippen molar-refractivity contribution in [3.05, 3.63) is 65.9 Å². The fourth-order valence-corrected chi connectivity index (χ4v) is 5.52.